The van der Waals surface area contributed by atoms with Crippen LogP contribution in [0.25, 0.3) is 0 Å². The van der Waals surface area contributed by atoms with Gasteiger partial charge in [0.05, 0.1) is 0 Å². The molecule has 0 spiro atoms. The van der Waals surface area contributed by atoms with Crippen LogP contribution < -0.4 is 5.73 Å². The van der Waals surface area contributed by atoms with Crippen LogP contribution in [-0.4, -0.2) is 29.2 Å². The molecule has 2 atom stereocenters. The number of halogens is 3. The van der Waals surface area contributed by atoms with Crippen LogP contribution in [0.4, 0.5) is 13.2 Å². The van der Waals surface area contributed by atoms with E-state index in [2.05, 4.69) is 0 Å². The molecule has 0 fully saturated rings. The molecule has 0 rings (SSSR count). The van der Waals surface area contributed by atoms with E-state index in [1.54, 1.807) is 0 Å². The average Bonchev–Trinajstić information content (AvgIpc) is 2.22. The van der Waals surface area contributed by atoms with E-state index >= 15 is 0 Å². The maximum atomic E-state index is 13.2. The van der Waals surface area contributed by atoms with E-state index in [0.29, 0.717) is 6.42 Å². The first-order valence-electron chi connectivity index (χ1n) is 5.33. The zero-order valence-corrected chi connectivity index (χ0v) is 9.26. The lowest BCUT2D eigenvalue weighted by atomic mass is 9.99. The minimum absolute atomic E-state index is 0.223. The molecule has 0 aliphatic carbocycles. The molecule has 0 aromatic heterocycles. The largest absolute Gasteiger partial charge is 0.479 e. The second-order valence-electron chi connectivity index (χ2n) is 3.84. The Morgan fingerprint density at radius 3 is 2.38 bits per heavy atom. The molecule has 3 N–H and O–H groups in total. The summed E-state index contributed by atoms with van der Waals surface area (Å²) in [4.78, 5) is 10.2. The van der Waals surface area contributed by atoms with Crippen molar-refractivity contribution in [2.24, 2.45) is 5.73 Å². The van der Waals surface area contributed by atoms with Gasteiger partial charge in [-0.25, -0.2) is 18.0 Å². The van der Waals surface area contributed by atoms with Gasteiger partial charge in [0, 0.05) is 6.42 Å². The summed E-state index contributed by atoms with van der Waals surface area (Å²) in [5.74, 6) is -5.41. The van der Waals surface area contributed by atoms with Gasteiger partial charge in [0.15, 0.2) is 0 Å². The minimum atomic E-state index is -3.47. The van der Waals surface area contributed by atoms with E-state index in [1.165, 1.54) is 0 Å². The van der Waals surface area contributed by atoms with Crippen molar-refractivity contribution in [1.29, 1.82) is 0 Å². The van der Waals surface area contributed by atoms with Crippen LogP contribution in [-0.2, 0) is 4.79 Å². The topological polar surface area (TPSA) is 63.3 Å². The first-order chi connectivity index (χ1) is 7.33. The second-order valence-corrected chi connectivity index (χ2v) is 3.84. The van der Waals surface area contributed by atoms with Crippen LogP contribution in [0.3, 0.4) is 0 Å². The van der Waals surface area contributed by atoms with E-state index in [4.69, 9.17) is 10.8 Å². The van der Waals surface area contributed by atoms with Crippen LogP contribution in [0.2, 0.25) is 0 Å². The van der Waals surface area contributed by atoms with Crippen LogP contribution in [0.5, 0.6) is 0 Å². The molecular formula is C10H18F3NO2. The molecule has 6 heteroatoms. The number of aliphatic carboxylic acids is 1. The highest BCUT2D eigenvalue weighted by molar-refractivity contribution is 5.73. The van der Waals surface area contributed by atoms with Crippen molar-refractivity contribution in [3.63, 3.8) is 0 Å². The molecule has 0 bridgehead atoms. The van der Waals surface area contributed by atoms with Gasteiger partial charge in [-0.1, -0.05) is 26.2 Å². The number of rotatable bonds is 8. The lowest BCUT2D eigenvalue weighted by Gasteiger charge is -2.24. The molecule has 3 nitrogen and oxygen atoms in total. The average molecular weight is 241 g/mol. The zero-order chi connectivity index (χ0) is 12.8. The quantitative estimate of drug-likeness (QED) is 0.641. The van der Waals surface area contributed by atoms with E-state index in [9.17, 15) is 18.0 Å². The van der Waals surface area contributed by atoms with Crippen molar-refractivity contribution in [1.82, 2.24) is 0 Å². The van der Waals surface area contributed by atoms with Crippen LogP contribution >= 0.6 is 0 Å². The minimum Gasteiger partial charge on any atom is -0.479 e. The summed E-state index contributed by atoms with van der Waals surface area (Å²) >= 11 is 0. The van der Waals surface area contributed by atoms with Gasteiger partial charge in [-0.2, -0.15) is 0 Å². The number of carbonyl (C=O) groups is 1. The molecule has 0 aromatic carbocycles. The first kappa shape index (κ1) is 15.2. The van der Waals surface area contributed by atoms with Gasteiger partial charge in [0.1, 0.15) is 6.04 Å². The summed E-state index contributed by atoms with van der Waals surface area (Å²) in [7, 11) is 0. The Balaban J connectivity index is 4.14. The number of carboxylic acid groups (broad SMARTS) is 1. The van der Waals surface area contributed by atoms with Gasteiger partial charge in [-0.3, -0.25) is 0 Å². The zero-order valence-electron chi connectivity index (χ0n) is 9.26. The van der Waals surface area contributed by atoms with Gasteiger partial charge in [0.25, 0.3) is 5.92 Å². The molecule has 96 valence electrons. The third-order valence-electron chi connectivity index (χ3n) is 2.40. The molecule has 16 heavy (non-hydrogen) atoms. The van der Waals surface area contributed by atoms with Crippen molar-refractivity contribution >= 4 is 5.97 Å². The molecular weight excluding hydrogens is 223 g/mol. The highest BCUT2D eigenvalue weighted by Gasteiger charge is 2.44. The van der Waals surface area contributed by atoms with E-state index in [1.807, 2.05) is 6.92 Å². The Labute approximate surface area is 92.8 Å². The van der Waals surface area contributed by atoms with Gasteiger partial charge in [0.2, 0.25) is 6.17 Å². The SMILES string of the molecule is CCCCCCC(F)(F)C(N)C(F)C(=O)O. The number of unbranched alkanes of at least 4 members (excludes halogenated alkanes) is 3. The van der Waals surface area contributed by atoms with Crippen molar-refractivity contribution in [2.75, 3.05) is 0 Å². The third-order valence-corrected chi connectivity index (χ3v) is 2.40. The fraction of sp³-hybridized carbons (Fsp3) is 0.900. The Morgan fingerprint density at radius 2 is 1.94 bits per heavy atom. The fourth-order valence-electron chi connectivity index (χ4n) is 1.32. The maximum absolute atomic E-state index is 13.2. The Morgan fingerprint density at radius 1 is 1.38 bits per heavy atom. The summed E-state index contributed by atoms with van der Waals surface area (Å²) in [6.45, 7) is 1.94. The van der Waals surface area contributed by atoms with Crippen molar-refractivity contribution < 1.29 is 23.1 Å². The number of alkyl halides is 3. The molecule has 0 aliphatic rings. The standard InChI is InChI=1S/C10H18F3NO2/c1-2-3-4-5-6-10(12,13)8(14)7(11)9(15)16/h7-8H,2-6,14H2,1H3,(H,15,16). The van der Waals surface area contributed by atoms with Crippen molar-refractivity contribution in [2.45, 2.75) is 57.2 Å². The van der Waals surface area contributed by atoms with Crippen LogP contribution in [0.15, 0.2) is 0 Å². The van der Waals surface area contributed by atoms with Crippen molar-refractivity contribution in [3.8, 4) is 0 Å². The smallest absolute Gasteiger partial charge is 0.340 e. The Kier molecular flexibility index (Phi) is 6.40. The summed E-state index contributed by atoms with van der Waals surface area (Å²) in [6, 6.07) is -2.27. The highest BCUT2D eigenvalue weighted by Crippen LogP contribution is 2.27. The second kappa shape index (κ2) is 6.73. The maximum Gasteiger partial charge on any atom is 0.340 e. The predicted octanol–water partition coefficient (Wildman–Crippen LogP) is 2.34. The van der Waals surface area contributed by atoms with Gasteiger partial charge < -0.3 is 10.8 Å². The molecule has 0 heterocycles. The summed E-state index contributed by atoms with van der Waals surface area (Å²) in [5.41, 5.74) is 4.90. The summed E-state index contributed by atoms with van der Waals surface area (Å²) in [6.07, 6.45) is -0.728. The number of nitrogens with two attached hydrogens (primary N) is 1. The molecule has 0 saturated carbocycles. The Bertz CT molecular complexity index is 224. The molecule has 0 amide bonds. The van der Waals surface area contributed by atoms with Crippen molar-refractivity contribution in [3.05, 3.63) is 0 Å². The summed E-state index contributed by atoms with van der Waals surface area (Å²) < 4.78 is 39.2. The van der Waals surface area contributed by atoms with E-state index in [0.717, 1.165) is 12.8 Å². The van der Waals surface area contributed by atoms with E-state index < -0.39 is 30.5 Å². The number of carboxylic acids is 1. The molecule has 0 saturated heterocycles. The number of hydrogen-bond donors (Lipinski definition) is 2. The predicted molar refractivity (Wildman–Crippen MR) is 54.2 cm³/mol. The first-order valence-corrected chi connectivity index (χ1v) is 5.33. The molecule has 0 radical (unpaired) electrons. The van der Waals surface area contributed by atoms with Crippen LogP contribution in [0, 0.1) is 0 Å². The van der Waals surface area contributed by atoms with Gasteiger partial charge >= 0.3 is 5.97 Å². The number of hydrogen-bond acceptors (Lipinski definition) is 2. The van der Waals surface area contributed by atoms with Gasteiger partial charge in [-0.15, -0.1) is 0 Å². The fourth-order valence-corrected chi connectivity index (χ4v) is 1.32. The highest BCUT2D eigenvalue weighted by atomic mass is 19.3. The molecule has 2 unspecified atom stereocenters. The Hall–Kier alpha value is -0.780. The van der Waals surface area contributed by atoms with E-state index in [-0.39, 0.29) is 6.42 Å². The molecule has 0 aromatic rings. The third kappa shape index (κ3) is 4.83. The summed E-state index contributed by atoms with van der Waals surface area (Å²) in [5, 5.41) is 8.24. The van der Waals surface area contributed by atoms with Crippen LogP contribution in [0.1, 0.15) is 39.0 Å². The monoisotopic (exact) mass is 241 g/mol. The lowest BCUT2D eigenvalue weighted by Crippen LogP contribution is -2.50. The normalized spacial score (nSPS) is 15.8. The molecule has 0 aliphatic heterocycles. The van der Waals surface area contributed by atoms with Gasteiger partial charge in [-0.05, 0) is 6.42 Å². The lowest BCUT2D eigenvalue weighted by molar-refractivity contribution is -0.149.